The van der Waals surface area contributed by atoms with Crippen molar-refractivity contribution in [2.45, 2.75) is 45.7 Å². The summed E-state index contributed by atoms with van der Waals surface area (Å²) < 4.78 is 1.40. The van der Waals surface area contributed by atoms with Gasteiger partial charge in [0, 0.05) is 19.1 Å². The van der Waals surface area contributed by atoms with Gasteiger partial charge in [-0.2, -0.15) is 5.10 Å². The molecular formula is C14H23ClN4O. The standard InChI is InChI=1S/C14H23ClN4O/c1-4-18(11-5-6-11)8-7-16-12-9-17-19(10(2)3)14(20)13(12)15/h9-11,16H,4-8H2,1-3H3. The summed E-state index contributed by atoms with van der Waals surface area (Å²) in [5.74, 6) is 0. The van der Waals surface area contributed by atoms with Gasteiger partial charge in [0.25, 0.3) is 5.56 Å². The van der Waals surface area contributed by atoms with Crippen LogP contribution in [0, 0.1) is 0 Å². The molecule has 0 atom stereocenters. The van der Waals surface area contributed by atoms with E-state index in [-0.39, 0.29) is 16.6 Å². The predicted octanol–water partition coefficient (Wildman–Crippen LogP) is 2.37. The highest BCUT2D eigenvalue weighted by Crippen LogP contribution is 2.26. The molecule has 0 radical (unpaired) electrons. The summed E-state index contributed by atoms with van der Waals surface area (Å²) in [7, 11) is 0. The molecule has 6 heteroatoms. The first-order chi connectivity index (χ1) is 9.54. The van der Waals surface area contributed by atoms with E-state index >= 15 is 0 Å². The third-order valence-corrected chi connectivity index (χ3v) is 3.98. The van der Waals surface area contributed by atoms with Gasteiger partial charge in [-0.25, -0.2) is 4.68 Å². The predicted molar refractivity (Wildman–Crippen MR) is 82.7 cm³/mol. The van der Waals surface area contributed by atoms with Crippen molar-refractivity contribution < 1.29 is 0 Å². The molecule has 0 spiro atoms. The van der Waals surface area contributed by atoms with Crippen molar-refractivity contribution in [2.75, 3.05) is 25.0 Å². The SMILES string of the molecule is CCN(CCNc1cnn(C(C)C)c(=O)c1Cl)C1CC1. The maximum Gasteiger partial charge on any atom is 0.287 e. The third-order valence-electron chi connectivity index (χ3n) is 3.62. The number of nitrogens with one attached hydrogen (secondary N) is 1. The van der Waals surface area contributed by atoms with E-state index in [4.69, 9.17) is 11.6 Å². The average Bonchev–Trinajstić information content (AvgIpc) is 3.23. The normalized spacial score (nSPS) is 15.1. The summed E-state index contributed by atoms with van der Waals surface area (Å²) >= 11 is 6.12. The first-order valence-electron chi connectivity index (χ1n) is 7.29. The number of hydrogen-bond acceptors (Lipinski definition) is 4. The zero-order chi connectivity index (χ0) is 14.7. The van der Waals surface area contributed by atoms with Gasteiger partial charge in [-0.3, -0.25) is 9.69 Å². The smallest absolute Gasteiger partial charge is 0.287 e. The molecule has 112 valence electrons. The highest BCUT2D eigenvalue weighted by atomic mass is 35.5. The average molecular weight is 299 g/mol. The first-order valence-corrected chi connectivity index (χ1v) is 7.67. The van der Waals surface area contributed by atoms with E-state index in [0.29, 0.717) is 5.69 Å². The van der Waals surface area contributed by atoms with Crippen LogP contribution >= 0.6 is 11.6 Å². The molecule has 1 fully saturated rings. The van der Waals surface area contributed by atoms with Crippen LogP contribution in [0.2, 0.25) is 5.02 Å². The molecule has 1 saturated carbocycles. The zero-order valence-corrected chi connectivity index (χ0v) is 13.2. The Kier molecular flexibility index (Phi) is 5.05. The van der Waals surface area contributed by atoms with Crippen LogP contribution in [0.25, 0.3) is 0 Å². The van der Waals surface area contributed by atoms with E-state index in [0.717, 1.165) is 25.7 Å². The van der Waals surface area contributed by atoms with Crippen molar-refractivity contribution in [1.29, 1.82) is 0 Å². The molecule has 0 aromatic carbocycles. The van der Waals surface area contributed by atoms with Gasteiger partial charge < -0.3 is 5.32 Å². The van der Waals surface area contributed by atoms with E-state index in [9.17, 15) is 4.79 Å². The maximum absolute atomic E-state index is 12.0. The molecule has 0 aliphatic heterocycles. The van der Waals surface area contributed by atoms with E-state index in [1.165, 1.54) is 17.5 Å². The Balaban J connectivity index is 1.96. The van der Waals surface area contributed by atoms with Crippen molar-refractivity contribution in [2.24, 2.45) is 0 Å². The lowest BCUT2D eigenvalue weighted by molar-refractivity contribution is 0.289. The van der Waals surface area contributed by atoms with Crippen LogP contribution in [-0.4, -0.2) is 40.4 Å². The highest BCUT2D eigenvalue weighted by molar-refractivity contribution is 6.32. The van der Waals surface area contributed by atoms with Gasteiger partial charge in [-0.15, -0.1) is 0 Å². The van der Waals surface area contributed by atoms with Gasteiger partial charge in [0.15, 0.2) is 0 Å². The van der Waals surface area contributed by atoms with Crippen LogP contribution in [-0.2, 0) is 0 Å². The van der Waals surface area contributed by atoms with Crippen LogP contribution in [0.1, 0.15) is 39.7 Å². The number of halogens is 1. The molecule has 0 saturated heterocycles. The molecule has 5 nitrogen and oxygen atoms in total. The van der Waals surface area contributed by atoms with Gasteiger partial charge in [0.05, 0.1) is 17.9 Å². The number of nitrogens with zero attached hydrogens (tertiary/aromatic N) is 3. The van der Waals surface area contributed by atoms with E-state index in [1.807, 2.05) is 13.8 Å². The quantitative estimate of drug-likeness (QED) is 0.840. The lowest BCUT2D eigenvalue weighted by Gasteiger charge is -2.20. The van der Waals surface area contributed by atoms with Crippen LogP contribution < -0.4 is 10.9 Å². The minimum absolute atomic E-state index is 0.0134. The van der Waals surface area contributed by atoms with Crippen LogP contribution in [0.15, 0.2) is 11.0 Å². The van der Waals surface area contributed by atoms with Gasteiger partial charge >= 0.3 is 0 Å². The Bertz CT molecular complexity index is 510. The molecule has 1 N–H and O–H groups in total. The minimum Gasteiger partial charge on any atom is -0.381 e. The summed E-state index contributed by atoms with van der Waals surface area (Å²) in [6.45, 7) is 8.80. The molecule has 0 unspecified atom stereocenters. The van der Waals surface area contributed by atoms with Crippen LogP contribution in [0.4, 0.5) is 5.69 Å². The fourth-order valence-electron chi connectivity index (χ4n) is 2.31. The van der Waals surface area contributed by atoms with E-state index < -0.39 is 0 Å². The van der Waals surface area contributed by atoms with Crippen molar-refractivity contribution in [1.82, 2.24) is 14.7 Å². The minimum atomic E-state index is -0.235. The molecule has 2 rings (SSSR count). The topological polar surface area (TPSA) is 50.2 Å². The number of likely N-dealkylation sites (N-methyl/N-ethyl adjacent to an activating group) is 1. The summed E-state index contributed by atoms with van der Waals surface area (Å²) in [6.07, 6.45) is 4.25. The Morgan fingerprint density at radius 3 is 2.80 bits per heavy atom. The lowest BCUT2D eigenvalue weighted by Crippen LogP contribution is -2.31. The van der Waals surface area contributed by atoms with Gasteiger partial charge in [-0.05, 0) is 33.2 Å². The molecule has 20 heavy (non-hydrogen) atoms. The summed E-state index contributed by atoms with van der Waals surface area (Å²) in [6, 6.07) is 0.767. The van der Waals surface area contributed by atoms with Gasteiger partial charge in [0.2, 0.25) is 0 Å². The molecule has 1 aromatic heterocycles. The molecule has 1 aliphatic rings. The molecule has 0 amide bonds. The third kappa shape index (κ3) is 3.52. The Hall–Kier alpha value is -1.07. The fraction of sp³-hybridized carbons (Fsp3) is 0.714. The number of anilines is 1. The maximum atomic E-state index is 12.0. The zero-order valence-electron chi connectivity index (χ0n) is 12.4. The lowest BCUT2D eigenvalue weighted by atomic mass is 10.3. The van der Waals surface area contributed by atoms with Crippen LogP contribution in [0.3, 0.4) is 0 Å². The number of aromatic nitrogens is 2. The molecule has 0 bridgehead atoms. The number of rotatable bonds is 7. The van der Waals surface area contributed by atoms with Gasteiger partial charge in [0.1, 0.15) is 5.02 Å². The van der Waals surface area contributed by atoms with Crippen molar-refractivity contribution in [3.8, 4) is 0 Å². The van der Waals surface area contributed by atoms with Crippen molar-refractivity contribution >= 4 is 17.3 Å². The Morgan fingerprint density at radius 1 is 1.55 bits per heavy atom. The second-order valence-electron chi connectivity index (χ2n) is 5.50. The first kappa shape index (κ1) is 15.3. The molecule has 1 aromatic rings. The highest BCUT2D eigenvalue weighted by Gasteiger charge is 2.27. The second kappa shape index (κ2) is 6.59. The molecule has 1 aliphatic carbocycles. The van der Waals surface area contributed by atoms with E-state index in [2.05, 4.69) is 22.2 Å². The van der Waals surface area contributed by atoms with Crippen LogP contribution in [0.5, 0.6) is 0 Å². The summed E-state index contributed by atoms with van der Waals surface area (Å²) in [5, 5.41) is 7.59. The molecule has 1 heterocycles. The van der Waals surface area contributed by atoms with E-state index in [1.54, 1.807) is 6.20 Å². The van der Waals surface area contributed by atoms with Crippen molar-refractivity contribution in [3.63, 3.8) is 0 Å². The summed E-state index contributed by atoms with van der Waals surface area (Å²) in [5.41, 5.74) is 0.390. The van der Waals surface area contributed by atoms with Crippen molar-refractivity contribution in [3.05, 3.63) is 21.6 Å². The Morgan fingerprint density at radius 2 is 2.25 bits per heavy atom. The monoisotopic (exact) mass is 298 g/mol. The largest absolute Gasteiger partial charge is 0.381 e. The fourth-order valence-corrected chi connectivity index (χ4v) is 2.51. The molecular weight excluding hydrogens is 276 g/mol. The van der Waals surface area contributed by atoms with Gasteiger partial charge in [-0.1, -0.05) is 18.5 Å². The Labute approximate surface area is 124 Å². The number of hydrogen-bond donors (Lipinski definition) is 1. The second-order valence-corrected chi connectivity index (χ2v) is 5.88. The summed E-state index contributed by atoms with van der Waals surface area (Å²) in [4.78, 5) is 14.5.